The van der Waals surface area contributed by atoms with Gasteiger partial charge in [-0.2, -0.15) is 13.2 Å². The van der Waals surface area contributed by atoms with Crippen LogP contribution in [0.5, 0.6) is 0 Å². The van der Waals surface area contributed by atoms with E-state index in [-0.39, 0.29) is 27.1 Å². The first-order chi connectivity index (χ1) is 10.7. The van der Waals surface area contributed by atoms with Crippen molar-refractivity contribution in [3.05, 3.63) is 30.7 Å². The first-order valence-corrected chi connectivity index (χ1v) is 9.06. The van der Waals surface area contributed by atoms with Gasteiger partial charge in [-0.1, -0.05) is 18.7 Å². The number of hydrogen-bond donors (Lipinski definition) is 0. The number of pyridine rings is 1. The predicted molar refractivity (Wildman–Crippen MR) is 79.8 cm³/mol. The summed E-state index contributed by atoms with van der Waals surface area (Å²) in [6, 6.07) is 2.90. The summed E-state index contributed by atoms with van der Waals surface area (Å²) >= 11 is 0.508. The molecule has 2 aromatic heterocycles. The summed E-state index contributed by atoms with van der Waals surface area (Å²) in [5, 5.41) is 0.0990. The number of aromatic nitrogens is 3. The molecule has 0 spiro atoms. The average Bonchev–Trinajstić information content (AvgIpc) is 2.53. The van der Waals surface area contributed by atoms with Crippen molar-refractivity contribution in [3.8, 4) is 11.4 Å². The molecule has 0 bridgehead atoms. The summed E-state index contributed by atoms with van der Waals surface area (Å²) in [6.07, 6.45) is -0.495. The molecule has 0 saturated heterocycles. The summed E-state index contributed by atoms with van der Waals surface area (Å²) < 4.78 is 60.6. The minimum Gasteiger partial charge on any atom is -0.253 e. The van der Waals surface area contributed by atoms with Crippen LogP contribution in [0.2, 0.25) is 0 Å². The van der Waals surface area contributed by atoms with Crippen molar-refractivity contribution in [2.45, 2.75) is 23.0 Å². The topological polar surface area (TPSA) is 72.8 Å². The molecule has 10 heteroatoms. The largest absolute Gasteiger partial charge is 0.398 e. The lowest BCUT2D eigenvalue weighted by molar-refractivity contribution is -0.105. The van der Waals surface area contributed by atoms with E-state index in [1.54, 1.807) is 0 Å². The molecule has 2 heterocycles. The first-order valence-electron chi connectivity index (χ1n) is 6.42. The molecule has 0 amide bonds. The lowest BCUT2D eigenvalue weighted by Crippen LogP contribution is -2.11. The SMILES string of the molecule is CCS(=O)(=O)c1cccnc1-c1cnc(SCC(F)(F)F)cn1. The van der Waals surface area contributed by atoms with Crippen molar-refractivity contribution in [1.82, 2.24) is 15.0 Å². The van der Waals surface area contributed by atoms with Crippen LogP contribution in [0.4, 0.5) is 13.2 Å². The van der Waals surface area contributed by atoms with Crippen LogP contribution < -0.4 is 0 Å². The lowest BCUT2D eigenvalue weighted by atomic mass is 10.3. The molecule has 0 unspecified atom stereocenters. The van der Waals surface area contributed by atoms with E-state index in [0.717, 1.165) is 0 Å². The number of sulfone groups is 1. The maximum Gasteiger partial charge on any atom is 0.398 e. The Balaban J connectivity index is 2.31. The number of hydrogen-bond acceptors (Lipinski definition) is 6. The third-order valence-electron chi connectivity index (χ3n) is 2.74. The fraction of sp³-hybridized carbons (Fsp3) is 0.308. The quantitative estimate of drug-likeness (QED) is 0.761. The minimum absolute atomic E-state index is 0.0208. The minimum atomic E-state index is -4.30. The van der Waals surface area contributed by atoms with Crippen molar-refractivity contribution in [2.24, 2.45) is 0 Å². The predicted octanol–water partition coefficient (Wildman–Crippen LogP) is 2.99. The van der Waals surface area contributed by atoms with Gasteiger partial charge in [0, 0.05) is 6.20 Å². The van der Waals surface area contributed by atoms with E-state index in [1.807, 2.05) is 0 Å². The highest BCUT2D eigenvalue weighted by Gasteiger charge is 2.27. The molecule has 2 aromatic rings. The maximum atomic E-state index is 12.2. The Labute approximate surface area is 135 Å². The van der Waals surface area contributed by atoms with Gasteiger partial charge in [-0.3, -0.25) is 9.97 Å². The second-order valence-corrected chi connectivity index (χ2v) is 7.64. The molecule has 0 aliphatic heterocycles. The molecule has 124 valence electrons. The van der Waals surface area contributed by atoms with E-state index < -0.39 is 21.8 Å². The van der Waals surface area contributed by atoms with Crippen molar-refractivity contribution in [2.75, 3.05) is 11.5 Å². The van der Waals surface area contributed by atoms with Crippen LogP contribution in [0, 0.1) is 0 Å². The van der Waals surface area contributed by atoms with Crippen LogP contribution in [-0.2, 0) is 9.84 Å². The molecule has 2 rings (SSSR count). The number of thioether (sulfide) groups is 1. The third-order valence-corrected chi connectivity index (χ3v) is 5.48. The summed E-state index contributed by atoms with van der Waals surface area (Å²) in [4.78, 5) is 11.9. The van der Waals surface area contributed by atoms with Crippen molar-refractivity contribution < 1.29 is 21.6 Å². The molecule has 0 N–H and O–H groups in total. The Kier molecular flexibility index (Phi) is 5.25. The third kappa shape index (κ3) is 4.64. The number of nitrogens with zero attached hydrogens (tertiary/aromatic N) is 3. The second kappa shape index (κ2) is 6.83. The first kappa shape index (κ1) is 17.7. The van der Waals surface area contributed by atoms with Gasteiger partial charge in [-0.25, -0.2) is 13.4 Å². The maximum absolute atomic E-state index is 12.2. The summed E-state index contributed by atoms with van der Waals surface area (Å²) in [6.45, 7) is 1.51. The van der Waals surface area contributed by atoms with Gasteiger partial charge in [-0.05, 0) is 12.1 Å². The standard InChI is InChI=1S/C13H12F3N3O2S2/c1-2-23(20,21)10-4-3-5-17-12(10)9-6-19-11(7-18-9)22-8-13(14,15)16/h3-7H,2,8H2,1H3. The highest BCUT2D eigenvalue weighted by atomic mass is 32.2. The molecule has 0 aromatic carbocycles. The highest BCUT2D eigenvalue weighted by Crippen LogP contribution is 2.27. The van der Waals surface area contributed by atoms with E-state index >= 15 is 0 Å². The summed E-state index contributed by atoms with van der Waals surface area (Å²) in [5.74, 6) is -1.17. The van der Waals surface area contributed by atoms with Gasteiger partial charge < -0.3 is 0 Å². The van der Waals surface area contributed by atoms with Gasteiger partial charge in [0.2, 0.25) is 0 Å². The monoisotopic (exact) mass is 363 g/mol. The zero-order valence-electron chi connectivity index (χ0n) is 11.9. The average molecular weight is 363 g/mol. The van der Waals surface area contributed by atoms with Crippen LogP contribution in [0.15, 0.2) is 40.6 Å². The molecule has 5 nitrogen and oxygen atoms in total. The van der Waals surface area contributed by atoms with Crippen LogP contribution >= 0.6 is 11.8 Å². The zero-order valence-corrected chi connectivity index (χ0v) is 13.5. The Morgan fingerprint density at radius 1 is 1.17 bits per heavy atom. The number of halogens is 3. The molecule has 0 saturated carbocycles. The van der Waals surface area contributed by atoms with Crippen LogP contribution in [0.25, 0.3) is 11.4 Å². The Morgan fingerprint density at radius 2 is 1.91 bits per heavy atom. The molecule has 0 radical (unpaired) electrons. The van der Waals surface area contributed by atoms with E-state index in [4.69, 9.17) is 0 Å². The van der Waals surface area contributed by atoms with Gasteiger partial charge in [0.25, 0.3) is 0 Å². The van der Waals surface area contributed by atoms with Crippen molar-refractivity contribution in [3.63, 3.8) is 0 Å². The van der Waals surface area contributed by atoms with E-state index in [9.17, 15) is 21.6 Å². The van der Waals surface area contributed by atoms with Crippen LogP contribution in [-0.4, -0.2) is 41.1 Å². The number of rotatable bonds is 5. The van der Waals surface area contributed by atoms with E-state index in [1.165, 1.54) is 37.6 Å². The molecule has 0 aliphatic rings. The smallest absolute Gasteiger partial charge is 0.253 e. The summed E-state index contributed by atoms with van der Waals surface area (Å²) in [5.41, 5.74) is 0.322. The lowest BCUT2D eigenvalue weighted by Gasteiger charge is -2.08. The van der Waals surface area contributed by atoms with Gasteiger partial charge in [0.1, 0.15) is 16.4 Å². The van der Waals surface area contributed by atoms with E-state index in [0.29, 0.717) is 11.8 Å². The normalized spacial score (nSPS) is 12.3. The van der Waals surface area contributed by atoms with Crippen molar-refractivity contribution >= 4 is 21.6 Å². The molecular weight excluding hydrogens is 351 g/mol. The summed E-state index contributed by atoms with van der Waals surface area (Å²) in [7, 11) is -3.50. The molecule has 23 heavy (non-hydrogen) atoms. The van der Waals surface area contributed by atoms with Crippen LogP contribution in [0.1, 0.15) is 6.92 Å². The second-order valence-electron chi connectivity index (χ2n) is 4.40. The number of alkyl halides is 3. The molecule has 0 aliphatic carbocycles. The molecule has 0 fully saturated rings. The fourth-order valence-electron chi connectivity index (χ4n) is 1.66. The Morgan fingerprint density at radius 3 is 2.48 bits per heavy atom. The Bertz CT molecular complexity index is 778. The Hall–Kier alpha value is -1.68. The van der Waals surface area contributed by atoms with E-state index in [2.05, 4.69) is 15.0 Å². The van der Waals surface area contributed by atoms with Crippen LogP contribution in [0.3, 0.4) is 0 Å². The fourth-order valence-corrected chi connectivity index (χ4v) is 3.27. The van der Waals surface area contributed by atoms with Gasteiger partial charge in [0.05, 0.1) is 28.8 Å². The zero-order chi connectivity index (χ0) is 17.1. The molecule has 0 atom stereocenters. The van der Waals surface area contributed by atoms with Crippen molar-refractivity contribution in [1.29, 1.82) is 0 Å². The van der Waals surface area contributed by atoms with Gasteiger partial charge >= 0.3 is 6.18 Å². The van der Waals surface area contributed by atoms with Gasteiger partial charge in [-0.15, -0.1) is 0 Å². The highest BCUT2D eigenvalue weighted by molar-refractivity contribution is 7.99. The molecular formula is C13H12F3N3O2S2. The van der Waals surface area contributed by atoms with Gasteiger partial charge in [0.15, 0.2) is 9.84 Å².